The number of hydrogen-bond donors (Lipinski definition) is 0. The molecule has 1 saturated heterocycles. The van der Waals surface area contributed by atoms with E-state index in [9.17, 15) is 9.70 Å². The van der Waals surface area contributed by atoms with Crippen LogP contribution >= 0.6 is 0 Å². The van der Waals surface area contributed by atoms with Gasteiger partial charge in [0.1, 0.15) is 6.04 Å². The minimum Gasteiger partial charge on any atom is -0.341 e. The maximum atomic E-state index is 13.0. The van der Waals surface area contributed by atoms with Gasteiger partial charge in [0.25, 0.3) is 0 Å². The summed E-state index contributed by atoms with van der Waals surface area (Å²) in [5, 5.41) is 2.83. The molecule has 6 heteroatoms. The summed E-state index contributed by atoms with van der Waals surface area (Å²) < 4.78 is 1.67. The fraction of sp³-hybridized carbons (Fsp3) is 0.375. The van der Waals surface area contributed by atoms with E-state index in [1.54, 1.807) is 4.57 Å². The summed E-state index contributed by atoms with van der Waals surface area (Å²) in [5.74, 6) is 0.133. The third-order valence-electron chi connectivity index (χ3n) is 4.00. The molecule has 1 amide bonds. The van der Waals surface area contributed by atoms with Crippen molar-refractivity contribution in [3.8, 4) is 0 Å². The van der Waals surface area contributed by atoms with Crippen molar-refractivity contribution >= 4 is 11.7 Å². The standard InChI is InChI=1S/C16H18N4O2/c21-16(19-9-5-2-6-10-19)15(13-7-3-1-4-8-13)20-11-14(18-22)17-12-20/h1,3-4,7-8,11-12,15H,2,5-6,9-10H2/t15-/m0/s1. The van der Waals surface area contributed by atoms with Crippen molar-refractivity contribution in [2.75, 3.05) is 13.1 Å². The van der Waals surface area contributed by atoms with Gasteiger partial charge in [0.15, 0.2) is 0 Å². The molecule has 2 heterocycles. The molecule has 1 aliphatic heterocycles. The van der Waals surface area contributed by atoms with Crippen LogP contribution in [-0.2, 0) is 4.79 Å². The van der Waals surface area contributed by atoms with Crippen LogP contribution in [0.15, 0.2) is 48.0 Å². The molecule has 1 atom stereocenters. The van der Waals surface area contributed by atoms with Crippen LogP contribution in [-0.4, -0.2) is 33.4 Å². The summed E-state index contributed by atoms with van der Waals surface area (Å²) in [6.45, 7) is 1.57. The van der Waals surface area contributed by atoms with Gasteiger partial charge in [-0.15, -0.1) is 4.91 Å². The number of carbonyl (C=O) groups is 1. The Hall–Kier alpha value is -2.50. The molecule has 2 aromatic rings. The molecule has 22 heavy (non-hydrogen) atoms. The van der Waals surface area contributed by atoms with Gasteiger partial charge in [-0.1, -0.05) is 30.3 Å². The van der Waals surface area contributed by atoms with E-state index in [2.05, 4.69) is 10.2 Å². The first-order valence-electron chi connectivity index (χ1n) is 7.50. The zero-order valence-electron chi connectivity index (χ0n) is 12.3. The average Bonchev–Trinajstić information content (AvgIpc) is 3.05. The lowest BCUT2D eigenvalue weighted by molar-refractivity contribution is -0.134. The Labute approximate surface area is 128 Å². The highest BCUT2D eigenvalue weighted by atomic mass is 16.3. The fourth-order valence-corrected chi connectivity index (χ4v) is 2.88. The molecule has 1 aromatic carbocycles. The van der Waals surface area contributed by atoms with Crippen molar-refractivity contribution in [3.05, 3.63) is 53.3 Å². The molecule has 0 aliphatic carbocycles. The molecule has 0 spiro atoms. The van der Waals surface area contributed by atoms with Gasteiger partial charge in [-0.05, 0) is 30.0 Å². The molecule has 1 aromatic heterocycles. The van der Waals surface area contributed by atoms with Gasteiger partial charge in [0.05, 0.1) is 12.5 Å². The number of piperidine rings is 1. The molecule has 0 saturated carbocycles. The largest absolute Gasteiger partial charge is 0.341 e. The molecule has 6 nitrogen and oxygen atoms in total. The monoisotopic (exact) mass is 298 g/mol. The number of hydrogen-bond acceptors (Lipinski definition) is 4. The van der Waals surface area contributed by atoms with E-state index in [0.29, 0.717) is 0 Å². The second-order valence-electron chi connectivity index (χ2n) is 5.47. The van der Waals surface area contributed by atoms with Gasteiger partial charge < -0.3 is 9.47 Å². The Morgan fingerprint density at radius 1 is 1.14 bits per heavy atom. The SMILES string of the molecule is O=Nc1cn([C@H](C(=O)N2CCCCC2)c2ccccc2)cn1. The molecule has 0 radical (unpaired) electrons. The number of likely N-dealkylation sites (tertiary alicyclic amines) is 1. The molecule has 0 unspecified atom stereocenters. The Morgan fingerprint density at radius 3 is 2.50 bits per heavy atom. The van der Waals surface area contributed by atoms with Crippen molar-refractivity contribution < 1.29 is 4.79 Å². The first kappa shape index (κ1) is 14.4. The minimum absolute atomic E-state index is 0.0424. The van der Waals surface area contributed by atoms with E-state index in [4.69, 9.17) is 0 Å². The number of nitroso groups, excluding NO2 is 1. The minimum atomic E-state index is -0.498. The van der Waals surface area contributed by atoms with Gasteiger partial charge in [0.2, 0.25) is 11.7 Å². The van der Waals surface area contributed by atoms with Crippen molar-refractivity contribution in [1.29, 1.82) is 0 Å². The number of imidazole rings is 1. The number of aromatic nitrogens is 2. The lowest BCUT2D eigenvalue weighted by Gasteiger charge is -2.31. The van der Waals surface area contributed by atoms with Gasteiger partial charge in [-0.3, -0.25) is 4.79 Å². The molecular weight excluding hydrogens is 280 g/mol. The lowest BCUT2D eigenvalue weighted by Crippen LogP contribution is -2.40. The maximum absolute atomic E-state index is 13.0. The number of nitrogens with zero attached hydrogens (tertiary/aromatic N) is 4. The Kier molecular flexibility index (Phi) is 4.27. The predicted octanol–water partition coefficient (Wildman–Crippen LogP) is 2.88. The summed E-state index contributed by atoms with van der Waals surface area (Å²) in [6, 6.07) is 9.06. The quantitative estimate of drug-likeness (QED) is 0.815. The third kappa shape index (κ3) is 2.90. The van der Waals surface area contributed by atoms with E-state index in [0.717, 1.165) is 31.5 Å². The van der Waals surface area contributed by atoms with Crippen molar-refractivity contribution in [1.82, 2.24) is 14.5 Å². The molecule has 1 fully saturated rings. The van der Waals surface area contributed by atoms with Gasteiger partial charge >= 0.3 is 0 Å². The van der Waals surface area contributed by atoms with E-state index in [1.807, 2.05) is 35.2 Å². The topological polar surface area (TPSA) is 67.6 Å². The molecular formula is C16H18N4O2. The van der Waals surface area contributed by atoms with Gasteiger partial charge in [0, 0.05) is 13.1 Å². The van der Waals surface area contributed by atoms with Crippen LogP contribution in [0, 0.1) is 4.91 Å². The van der Waals surface area contributed by atoms with Gasteiger partial charge in [-0.25, -0.2) is 4.98 Å². The van der Waals surface area contributed by atoms with E-state index < -0.39 is 6.04 Å². The molecule has 3 rings (SSSR count). The summed E-state index contributed by atoms with van der Waals surface area (Å²) in [7, 11) is 0. The zero-order valence-corrected chi connectivity index (χ0v) is 12.3. The van der Waals surface area contributed by atoms with Crippen LogP contribution in [0.2, 0.25) is 0 Å². The van der Waals surface area contributed by atoms with Crippen LogP contribution in [0.5, 0.6) is 0 Å². The lowest BCUT2D eigenvalue weighted by atomic mass is 10.0. The smallest absolute Gasteiger partial charge is 0.250 e. The van der Waals surface area contributed by atoms with Crippen molar-refractivity contribution in [2.45, 2.75) is 25.3 Å². The van der Waals surface area contributed by atoms with Crippen LogP contribution in [0.25, 0.3) is 0 Å². The number of carbonyl (C=O) groups excluding carboxylic acids is 1. The molecule has 0 N–H and O–H groups in total. The van der Waals surface area contributed by atoms with E-state index in [1.165, 1.54) is 18.9 Å². The summed E-state index contributed by atoms with van der Waals surface area (Å²) in [4.78, 5) is 29.4. The van der Waals surface area contributed by atoms with Crippen LogP contribution in [0.4, 0.5) is 5.82 Å². The summed E-state index contributed by atoms with van der Waals surface area (Å²) in [5.41, 5.74) is 0.882. The van der Waals surface area contributed by atoms with Crippen LogP contribution in [0.1, 0.15) is 30.9 Å². The van der Waals surface area contributed by atoms with E-state index in [-0.39, 0.29) is 11.7 Å². The zero-order chi connectivity index (χ0) is 15.4. The highest BCUT2D eigenvalue weighted by Crippen LogP contribution is 2.24. The second kappa shape index (κ2) is 6.51. The highest BCUT2D eigenvalue weighted by Gasteiger charge is 2.28. The third-order valence-corrected chi connectivity index (χ3v) is 4.00. The van der Waals surface area contributed by atoms with E-state index >= 15 is 0 Å². The summed E-state index contributed by atoms with van der Waals surface area (Å²) in [6.07, 6.45) is 6.27. The van der Waals surface area contributed by atoms with Crippen LogP contribution < -0.4 is 0 Å². The molecule has 1 aliphatic rings. The molecule has 0 bridgehead atoms. The van der Waals surface area contributed by atoms with Crippen molar-refractivity contribution in [3.63, 3.8) is 0 Å². The van der Waals surface area contributed by atoms with Crippen molar-refractivity contribution in [2.24, 2.45) is 5.18 Å². The normalized spacial score (nSPS) is 16.3. The second-order valence-corrected chi connectivity index (χ2v) is 5.47. The summed E-state index contributed by atoms with van der Waals surface area (Å²) >= 11 is 0. The predicted molar refractivity (Wildman–Crippen MR) is 82.7 cm³/mol. The average molecular weight is 298 g/mol. The number of benzene rings is 1. The maximum Gasteiger partial charge on any atom is 0.250 e. The Balaban J connectivity index is 1.95. The molecule has 114 valence electrons. The van der Waals surface area contributed by atoms with Gasteiger partial charge in [-0.2, -0.15) is 0 Å². The Bertz CT molecular complexity index is 647. The Morgan fingerprint density at radius 2 is 1.86 bits per heavy atom. The fourth-order valence-electron chi connectivity index (χ4n) is 2.88. The first-order chi connectivity index (χ1) is 10.8. The highest BCUT2D eigenvalue weighted by molar-refractivity contribution is 5.83. The number of amides is 1. The first-order valence-corrected chi connectivity index (χ1v) is 7.50. The van der Waals surface area contributed by atoms with Crippen LogP contribution in [0.3, 0.4) is 0 Å². The number of rotatable bonds is 4.